The molecule has 0 aliphatic carbocycles. The lowest BCUT2D eigenvalue weighted by molar-refractivity contribution is 0.415. The largest absolute Gasteiger partial charge is 0.497 e. The highest BCUT2D eigenvalue weighted by atomic mass is 35.5. The van der Waals surface area contributed by atoms with Crippen molar-refractivity contribution >= 4 is 17.3 Å². The lowest BCUT2D eigenvalue weighted by Crippen LogP contribution is -2.12. The molecule has 0 amide bonds. The van der Waals surface area contributed by atoms with Gasteiger partial charge in [0.25, 0.3) is 0 Å². The molecule has 0 spiro atoms. The number of hydrogen-bond acceptors (Lipinski definition) is 3. The van der Waals surface area contributed by atoms with Crippen LogP contribution in [-0.4, -0.2) is 12.1 Å². The molecule has 3 nitrogen and oxygen atoms in total. The second kappa shape index (κ2) is 10.7. The Morgan fingerprint density at radius 2 is 1.92 bits per heavy atom. The Kier molecular flexibility index (Phi) is 8.87. The van der Waals surface area contributed by atoms with E-state index in [9.17, 15) is 4.39 Å². The Morgan fingerprint density at radius 3 is 2.46 bits per heavy atom. The van der Waals surface area contributed by atoms with E-state index in [4.69, 9.17) is 16.3 Å². The fourth-order valence-electron chi connectivity index (χ4n) is 2.16. The van der Waals surface area contributed by atoms with Crippen LogP contribution in [0.2, 0.25) is 5.15 Å². The van der Waals surface area contributed by atoms with E-state index >= 15 is 0 Å². The Balaban J connectivity index is 0.00000139. The van der Waals surface area contributed by atoms with Crippen molar-refractivity contribution in [1.29, 1.82) is 0 Å². The lowest BCUT2D eigenvalue weighted by Gasteiger charge is -2.21. The molecule has 0 bridgehead atoms. The Labute approximate surface area is 148 Å². The molecule has 1 unspecified atom stereocenters. The van der Waals surface area contributed by atoms with Gasteiger partial charge in [-0.1, -0.05) is 31.5 Å². The monoisotopic (exact) mass is 350 g/mol. The van der Waals surface area contributed by atoms with Gasteiger partial charge in [-0.3, -0.25) is 0 Å². The number of benzene rings is 1. The summed E-state index contributed by atoms with van der Waals surface area (Å²) in [6.07, 6.45) is 3.43. The molecule has 130 valence electrons. The Hall–Kier alpha value is -2.07. The number of ether oxygens (including phenoxy) is 1. The zero-order chi connectivity index (χ0) is 17.9. The van der Waals surface area contributed by atoms with Crippen LogP contribution in [0.1, 0.15) is 38.3 Å². The number of methoxy groups -OCH3 is 1. The molecule has 0 fully saturated rings. The number of aromatic nitrogens is 1. The van der Waals surface area contributed by atoms with E-state index in [2.05, 4.69) is 16.9 Å². The van der Waals surface area contributed by atoms with Gasteiger partial charge >= 0.3 is 0 Å². The van der Waals surface area contributed by atoms with Crippen LogP contribution in [-0.2, 0) is 0 Å². The van der Waals surface area contributed by atoms with Gasteiger partial charge in [-0.15, -0.1) is 6.58 Å². The van der Waals surface area contributed by atoms with E-state index in [-0.39, 0.29) is 11.2 Å². The minimum Gasteiger partial charge on any atom is -0.497 e. The van der Waals surface area contributed by atoms with Gasteiger partial charge in [0.15, 0.2) is 0 Å². The first kappa shape index (κ1) is 20.0. The van der Waals surface area contributed by atoms with Crippen LogP contribution < -0.4 is 10.1 Å². The number of anilines is 1. The summed E-state index contributed by atoms with van der Waals surface area (Å²) >= 11 is 6.08. The Morgan fingerprint density at radius 1 is 1.25 bits per heavy atom. The summed E-state index contributed by atoms with van der Waals surface area (Å²) in [5.74, 6) is 0.204. The maximum Gasteiger partial charge on any atom is 0.214 e. The highest BCUT2D eigenvalue weighted by Gasteiger charge is 2.16. The van der Waals surface area contributed by atoms with Crippen molar-refractivity contribution in [3.63, 3.8) is 0 Å². The second-order valence-corrected chi connectivity index (χ2v) is 5.16. The van der Waals surface area contributed by atoms with E-state index in [0.29, 0.717) is 0 Å². The van der Waals surface area contributed by atoms with Gasteiger partial charge in [-0.25, -0.2) is 4.98 Å². The molecule has 1 aromatic heterocycles. The summed E-state index contributed by atoms with van der Waals surface area (Å²) in [5, 5.41) is 3.57. The molecule has 2 aromatic rings. The van der Waals surface area contributed by atoms with Crippen molar-refractivity contribution in [3.8, 4) is 5.75 Å². The number of hydrogen-bond donors (Lipinski definition) is 1. The maximum atomic E-state index is 13.1. The van der Waals surface area contributed by atoms with Crippen molar-refractivity contribution < 1.29 is 9.13 Å². The number of rotatable bonds is 7. The fraction of sp³-hybridized carbons (Fsp3) is 0.316. The van der Waals surface area contributed by atoms with Crippen LogP contribution in [0.4, 0.5) is 10.1 Å². The van der Waals surface area contributed by atoms with E-state index < -0.39 is 5.95 Å². The van der Waals surface area contributed by atoms with Crippen LogP contribution in [0.15, 0.2) is 49.1 Å². The van der Waals surface area contributed by atoms with Crippen LogP contribution in [0.3, 0.4) is 0 Å². The van der Waals surface area contributed by atoms with E-state index in [1.54, 1.807) is 13.2 Å². The maximum absolute atomic E-state index is 13.1. The normalized spacial score (nSPS) is 11.0. The molecule has 1 heterocycles. The third-order valence-electron chi connectivity index (χ3n) is 3.31. The minimum atomic E-state index is -0.583. The summed E-state index contributed by atoms with van der Waals surface area (Å²) in [4.78, 5) is 3.68. The van der Waals surface area contributed by atoms with E-state index in [1.807, 2.05) is 44.2 Å². The van der Waals surface area contributed by atoms with Crippen LogP contribution in [0.25, 0.3) is 0 Å². The average molecular weight is 351 g/mol. The first-order chi connectivity index (χ1) is 11.6. The summed E-state index contributed by atoms with van der Waals surface area (Å²) in [6, 6.07) is 10.5. The lowest BCUT2D eigenvalue weighted by atomic mass is 10.0. The predicted molar refractivity (Wildman–Crippen MR) is 99.3 cm³/mol. The van der Waals surface area contributed by atoms with Crippen LogP contribution in [0.5, 0.6) is 5.75 Å². The number of pyridine rings is 1. The van der Waals surface area contributed by atoms with Crippen molar-refractivity contribution in [2.45, 2.75) is 32.7 Å². The van der Waals surface area contributed by atoms with Crippen molar-refractivity contribution in [2.24, 2.45) is 0 Å². The summed E-state index contributed by atoms with van der Waals surface area (Å²) in [6.45, 7) is 7.74. The zero-order valence-corrected chi connectivity index (χ0v) is 15.1. The third kappa shape index (κ3) is 5.85. The van der Waals surface area contributed by atoms with Gasteiger partial charge in [-0.05, 0) is 49.2 Å². The third-order valence-corrected chi connectivity index (χ3v) is 3.61. The molecule has 0 aliphatic rings. The quantitative estimate of drug-likeness (QED) is 0.489. The van der Waals surface area contributed by atoms with Crippen molar-refractivity contribution in [1.82, 2.24) is 4.98 Å². The van der Waals surface area contributed by atoms with E-state index in [1.165, 1.54) is 6.07 Å². The van der Waals surface area contributed by atoms with Crippen molar-refractivity contribution in [2.75, 3.05) is 12.4 Å². The number of nitrogens with one attached hydrogen (secondary N) is 1. The standard InChI is InChI=1S/C17H18ClFN2O.C2H6/c1-3-4-5-15(14-10-11-16(19)21-17(14)18)20-12-6-8-13(22-2)9-7-12;1-2/h3,6-11,15,20H,1,4-5H2,2H3;1-2H3. The summed E-state index contributed by atoms with van der Waals surface area (Å²) in [5.41, 5.74) is 1.69. The second-order valence-electron chi connectivity index (χ2n) is 4.81. The molecule has 1 aromatic carbocycles. The van der Waals surface area contributed by atoms with Crippen LogP contribution in [0, 0.1) is 5.95 Å². The van der Waals surface area contributed by atoms with Crippen molar-refractivity contribution in [3.05, 3.63) is 65.7 Å². The molecule has 0 aliphatic heterocycles. The molecule has 0 saturated carbocycles. The molecule has 1 N–H and O–H groups in total. The molecular formula is C19H24ClFN2O. The highest BCUT2D eigenvalue weighted by Crippen LogP contribution is 2.29. The first-order valence-electron chi connectivity index (χ1n) is 7.97. The number of nitrogens with zero attached hydrogens (tertiary/aromatic N) is 1. The topological polar surface area (TPSA) is 34.1 Å². The molecule has 0 saturated heterocycles. The zero-order valence-electron chi connectivity index (χ0n) is 14.4. The van der Waals surface area contributed by atoms with E-state index in [0.717, 1.165) is 29.8 Å². The average Bonchev–Trinajstić information content (AvgIpc) is 2.61. The summed E-state index contributed by atoms with van der Waals surface area (Å²) < 4.78 is 18.3. The molecular weight excluding hydrogens is 327 g/mol. The number of allylic oxidation sites excluding steroid dienone is 1. The molecule has 1 atom stereocenters. The first-order valence-corrected chi connectivity index (χ1v) is 8.35. The highest BCUT2D eigenvalue weighted by molar-refractivity contribution is 6.30. The molecule has 2 rings (SSSR count). The molecule has 0 radical (unpaired) electrons. The predicted octanol–water partition coefficient (Wildman–Crippen LogP) is 6.03. The molecule has 24 heavy (non-hydrogen) atoms. The summed E-state index contributed by atoms with van der Waals surface area (Å²) in [7, 11) is 1.62. The fourth-order valence-corrected chi connectivity index (χ4v) is 2.44. The van der Waals surface area contributed by atoms with Gasteiger partial charge in [0.1, 0.15) is 10.9 Å². The van der Waals surface area contributed by atoms with Crippen LogP contribution >= 0.6 is 11.6 Å². The molecule has 5 heteroatoms. The Bertz CT molecular complexity index is 632. The SMILES string of the molecule is C=CCCC(Nc1ccc(OC)cc1)c1ccc(F)nc1Cl.CC. The minimum absolute atomic E-state index is 0.0769. The van der Waals surface area contributed by atoms with Gasteiger partial charge < -0.3 is 10.1 Å². The van der Waals surface area contributed by atoms with Gasteiger partial charge in [0.05, 0.1) is 13.2 Å². The van der Waals surface area contributed by atoms with Gasteiger partial charge in [0, 0.05) is 11.3 Å². The van der Waals surface area contributed by atoms with Gasteiger partial charge in [0.2, 0.25) is 5.95 Å². The van der Waals surface area contributed by atoms with Gasteiger partial charge in [-0.2, -0.15) is 4.39 Å². The number of halogens is 2. The smallest absolute Gasteiger partial charge is 0.214 e.